The number of esters is 1. The Morgan fingerprint density at radius 1 is 1.60 bits per heavy atom. The lowest BCUT2D eigenvalue weighted by Crippen LogP contribution is -2.02. The molecule has 0 saturated carbocycles. The van der Waals surface area contributed by atoms with Crippen LogP contribution in [0, 0.1) is 0 Å². The summed E-state index contributed by atoms with van der Waals surface area (Å²) in [5, 5.41) is 3.55. The number of benzene rings is 1. The molecule has 1 aromatic carbocycles. The maximum absolute atomic E-state index is 11.2. The molecule has 5 nitrogen and oxygen atoms in total. The second kappa shape index (κ2) is 5.02. The first kappa shape index (κ1) is 11.1. The highest BCUT2D eigenvalue weighted by Crippen LogP contribution is 2.18. The van der Waals surface area contributed by atoms with E-state index in [0.717, 1.165) is 5.56 Å². The van der Waals surface area contributed by atoms with E-state index in [2.05, 4.69) is 14.8 Å². The van der Waals surface area contributed by atoms with E-state index < -0.39 is 5.97 Å². The molecule has 1 unspecified atom stereocenters. The average Bonchev–Trinajstić information content (AvgIpc) is 2.28. The van der Waals surface area contributed by atoms with E-state index in [0.29, 0.717) is 5.56 Å². The van der Waals surface area contributed by atoms with Gasteiger partial charge in [0.05, 0.1) is 18.7 Å². The average molecular weight is 205 g/mol. The molecule has 0 bridgehead atoms. The van der Waals surface area contributed by atoms with Gasteiger partial charge in [-0.2, -0.15) is 0 Å². The Labute approximate surface area is 87.3 Å². The predicted molar refractivity (Wildman–Crippen MR) is 55.3 cm³/mol. The topological polar surface area (TPSA) is 75.1 Å². The van der Waals surface area contributed by atoms with Gasteiger partial charge in [0.15, 0.2) is 0 Å². The summed E-state index contributed by atoms with van der Waals surface area (Å²) in [7, 11) is 1.33. The normalized spacial score (nSPS) is 11.3. The van der Waals surface area contributed by atoms with Gasteiger partial charge in [0.2, 0.25) is 0 Å². The van der Waals surface area contributed by atoms with Gasteiger partial charge in [-0.25, -0.2) is 4.79 Å². The molecule has 0 amide bonds. The Kier molecular flexibility index (Phi) is 3.71. The van der Waals surface area contributed by atoms with E-state index in [4.69, 9.17) is 5.53 Å². The molecule has 0 spiro atoms. The van der Waals surface area contributed by atoms with Crippen LogP contribution in [0.25, 0.3) is 10.4 Å². The van der Waals surface area contributed by atoms with Crippen LogP contribution in [0.15, 0.2) is 29.4 Å². The van der Waals surface area contributed by atoms with Crippen molar-refractivity contribution in [3.63, 3.8) is 0 Å². The molecule has 1 atom stereocenters. The fourth-order valence-corrected chi connectivity index (χ4v) is 1.19. The van der Waals surface area contributed by atoms with Crippen LogP contribution in [0.1, 0.15) is 28.9 Å². The largest absolute Gasteiger partial charge is 0.465 e. The van der Waals surface area contributed by atoms with Gasteiger partial charge >= 0.3 is 5.97 Å². The maximum Gasteiger partial charge on any atom is 0.337 e. The molecular formula is C10H11N3O2. The molecule has 0 aliphatic heterocycles. The van der Waals surface area contributed by atoms with Gasteiger partial charge in [-0.1, -0.05) is 24.2 Å². The van der Waals surface area contributed by atoms with Gasteiger partial charge in [-0.05, 0) is 23.2 Å². The van der Waals surface area contributed by atoms with Crippen molar-refractivity contribution in [1.29, 1.82) is 0 Å². The molecule has 0 aromatic heterocycles. The van der Waals surface area contributed by atoms with E-state index in [1.165, 1.54) is 7.11 Å². The van der Waals surface area contributed by atoms with Gasteiger partial charge in [0.25, 0.3) is 0 Å². The second-order valence-corrected chi connectivity index (χ2v) is 3.00. The van der Waals surface area contributed by atoms with Crippen molar-refractivity contribution in [3.8, 4) is 0 Å². The van der Waals surface area contributed by atoms with Crippen molar-refractivity contribution in [3.05, 3.63) is 45.8 Å². The molecule has 0 saturated heterocycles. The molecule has 0 aliphatic carbocycles. The summed E-state index contributed by atoms with van der Waals surface area (Å²) in [5.74, 6) is -0.398. The highest BCUT2D eigenvalue weighted by atomic mass is 16.5. The first-order chi connectivity index (χ1) is 7.19. The third kappa shape index (κ3) is 2.72. The Bertz CT molecular complexity index is 411. The summed E-state index contributed by atoms with van der Waals surface area (Å²) >= 11 is 0. The molecule has 0 radical (unpaired) electrons. The van der Waals surface area contributed by atoms with Crippen molar-refractivity contribution in [2.45, 2.75) is 13.0 Å². The Morgan fingerprint density at radius 2 is 2.33 bits per heavy atom. The number of azide groups is 1. The number of methoxy groups -OCH3 is 1. The fraction of sp³-hybridized carbons (Fsp3) is 0.300. The van der Waals surface area contributed by atoms with Gasteiger partial charge < -0.3 is 4.74 Å². The molecule has 78 valence electrons. The zero-order valence-electron chi connectivity index (χ0n) is 8.54. The summed E-state index contributed by atoms with van der Waals surface area (Å²) < 4.78 is 4.59. The lowest BCUT2D eigenvalue weighted by molar-refractivity contribution is 0.0600. The third-order valence-corrected chi connectivity index (χ3v) is 2.01. The molecule has 1 rings (SSSR count). The van der Waals surface area contributed by atoms with Crippen molar-refractivity contribution in [2.75, 3.05) is 7.11 Å². The Morgan fingerprint density at radius 3 is 2.93 bits per heavy atom. The van der Waals surface area contributed by atoms with Crippen LogP contribution in [0.4, 0.5) is 0 Å². The van der Waals surface area contributed by atoms with Crippen LogP contribution in [0.2, 0.25) is 0 Å². The van der Waals surface area contributed by atoms with Crippen LogP contribution in [0.5, 0.6) is 0 Å². The molecular weight excluding hydrogens is 194 g/mol. The van der Waals surface area contributed by atoms with Crippen molar-refractivity contribution in [1.82, 2.24) is 0 Å². The standard InChI is InChI=1S/C10H11N3O2/c1-7(12-13-11)8-4-3-5-9(6-8)10(14)15-2/h3-7H,1-2H3. The highest BCUT2D eigenvalue weighted by molar-refractivity contribution is 5.89. The van der Waals surface area contributed by atoms with E-state index in [1.807, 2.05) is 0 Å². The lowest BCUT2D eigenvalue weighted by atomic mass is 10.1. The molecule has 15 heavy (non-hydrogen) atoms. The summed E-state index contributed by atoms with van der Waals surface area (Å²) in [4.78, 5) is 13.9. The number of carbonyl (C=O) groups excluding carboxylic acids is 1. The van der Waals surface area contributed by atoms with E-state index in [9.17, 15) is 4.79 Å². The minimum absolute atomic E-state index is 0.292. The first-order valence-corrected chi connectivity index (χ1v) is 4.41. The van der Waals surface area contributed by atoms with Crippen molar-refractivity contribution >= 4 is 5.97 Å². The van der Waals surface area contributed by atoms with Crippen LogP contribution < -0.4 is 0 Å². The van der Waals surface area contributed by atoms with Crippen LogP contribution in [-0.4, -0.2) is 13.1 Å². The minimum atomic E-state index is -0.398. The first-order valence-electron chi connectivity index (χ1n) is 4.41. The molecule has 0 heterocycles. The molecule has 0 N–H and O–H groups in total. The summed E-state index contributed by atoms with van der Waals surface area (Å²) in [6.45, 7) is 1.76. The maximum atomic E-state index is 11.2. The predicted octanol–water partition coefficient (Wildman–Crippen LogP) is 2.84. The fourth-order valence-electron chi connectivity index (χ4n) is 1.19. The van der Waals surface area contributed by atoms with Crippen molar-refractivity contribution in [2.24, 2.45) is 5.11 Å². The van der Waals surface area contributed by atoms with Crippen LogP contribution in [0.3, 0.4) is 0 Å². The van der Waals surface area contributed by atoms with Gasteiger partial charge in [-0.15, -0.1) is 0 Å². The highest BCUT2D eigenvalue weighted by Gasteiger charge is 2.08. The monoisotopic (exact) mass is 205 g/mol. The number of hydrogen-bond donors (Lipinski definition) is 0. The number of ether oxygens (including phenoxy) is 1. The summed E-state index contributed by atoms with van der Waals surface area (Å²) in [6.07, 6.45) is 0. The number of rotatable bonds is 3. The lowest BCUT2D eigenvalue weighted by Gasteiger charge is -2.06. The van der Waals surface area contributed by atoms with E-state index in [1.54, 1.807) is 31.2 Å². The molecule has 5 heteroatoms. The second-order valence-electron chi connectivity index (χ2n) is 3.00. The van der Waals surface area contributed by atoms with E-state index in [-0.39, 0.29) is 6.04 Å². The molecule has 1 aromatic rings. The van der Waals surface area contributed by atoms with Crippen LogP contribution >= 0.6 is 0 Å². The van der Waals surface area contributed by atoms with E-state index >= 15 is 0 Å². The quantitative estimate of drug-likeness (QED) is 0.329. The van der Waals surface area contributed by atoms with Crippen LogP contribution in [-0.2, 0) is 4.74 Å². The summed E-state index contributed by atoms with van der Waals surface area (Å²) in [6, 6.07) is 6.54. The third-order valence-electron chi connectivity index (χ3n) is 2.01. The summed E-state index contributed by atoms with van der Waals surface area (Å²) in [5.41, 5.74) is 9.53. The van der Waals surface area contributed by atoms with Gasteiger partial charge in [0, 0.05) is 4.91 Å². The number of hydrogen-bond acceptors (Lipinski definition) is 3. The van der Waals surface area contributed by atoms with Gasteiger partial charge in [-0.3, -0.25) is 0 Å². The Balaban J connectivity index is 3.01. The number of nitrogens with zero attached hydrogens (tertiary/aromatic N) is 3. The minimum Gasteiger partial charge on any atom is -0.465 e. The zero-order chi connectivity index (χ0) is 11.3. The van der Waals surface area contributed by atoms with Gasteiger partial charge in [0.1, 0.15) is 0 Å². The Hall–Kier alpha value is -2.00. The number of carbonyl (C=O) groups is 1. The smallest absolute Gasteiger partial charge is 0.337 e. The van der Waals surface area contributed by atoms with Crippen molar-refractivity contribution < 1.29 is 9.53 Å². The zero-order valence-corrected chi connectivity index (χ0v) is 8.54. The molecule has 0 fully saturated rings. The SMILES string of the molecule is COC(=O)c1cccc(C(C)N=[N+]=[N-])c1. The molecule has 0 aliphatic rings.